The van der Waals surface area contributed by atoms with Gasteiger partial charge in [-0.15, -0.1) is 0 Å². The van der Waals surface area contributed by atoms with Crippen molar-refractivity contribution in [2.24, 2.45) is 0 Å². The van der Waals surface area contributed by atoms with Gasteiger partial charge in [0.2, 0.25) is 0 Å². The SMILES string of the molecule is CNC(=S)N1CCN(c2ccccc2)CC1. The predicted octanol–water partition coefficient (Wildman–Crippen LogP) is 1.31. The minimum absolute atomic E-state index is 0.854. The second-order valence-corrected chi connectivity index (χ2v) is 4.25. The Morgan fingerprint density at radius 2 is 1.75 bits per heavy atom. The topological polar surface area (TPSA) is 18.5 Å². The Kier molecular flexibility index (Phi) is 3.62. The van der Waals surface area contributed by atoms with Crippen LogP contribution in [-0.4, -0.2) is 43.2 Å². The van der Waals surface area contributed by atoms with E-state index in [0.717, 1.165) is 31.3 Å². The smallest absolute Gasteiger partial charge is 0.168 e. The summed E-state index contributed by atoms with van der Waals surface area (Å²) in [5, 5.41) is 3.88. The molecular weight excluding hydrogens is 218 g/mol. The molecule has 0 unspecified atom stereocenters. The molecule has 0 spiro atoms. The van der Waals surface area contributed by atoms with Crippen LogP contribution < -0.4 is 10.2 Å². The summed E-state index contributed by atoms with van der Waals surface area (Å²) in [4.78, 5) is 4.61. The summed E-state index contributed by atoms with van der Waals surface area (Å²) in [6.45, 7) is 4.06. The maximum atomic E-state index is 5.23. The van der Waals surface area contributed by atoms with Gasteiger partial charge in [0, 0.05) is 38.9 Å². The molecule has 1 saturated heterocycles. The molecule has 1 aromatic rings. The van der Waals surface area contributed by atoms with Crippen LogP contribution in [0.3, 0.4) is 0 Å². The normalized spacial score (nSPS) is 16.1. The number of anilines is 1. The van der Waals surface area contributed by atoms with E-state index in [0.29, 0.717) is 0 Å². The second kappa shape index (κ2) is 5.16. The van der Waals surface area contributed by atoms with E-state index in [2.05, 4.69) is 45.4 Å². The van der Waals surface area contributed by atoms with E-state index in [1.807, 2.05) is 7.05 Å². The number of nitrogens with zero attached hydrogens (tertiary/aromatic N) is 2. The summed E-state index contributed by atoms with van der Waals surface area (Å²) in [5.74, 6) is 0. The Hall–Kier alpha value is -1.29. The molecule has 1 aromatic carbocycles. The highest BCUT2D eigenvalue weighted by Gasteiger charge is 2.17. The number of benzene rings is 1. The largest absolute Gasteiger partial charge is 0.368 e. The van der Waals surface area contributed by atoms with Crippen LogP contribution in [0.15, 0.2) is 30.3 Å². The van der Waals surface area contributed by atoms with E-state index >= 15 is 0 Å². The first kappa shape index (κ1) is 11.2. The van der Waals surface area contributed by atoms with E-state index in [4.69, 9.17) is 12.2 Å². The molecule has 1 fully saturated rings. The van der Waals surface area contributed by atoms with Gasteiger partial charge in [-0.2, -0.15) is 0 Å². The molecule has 3 nitrogen and oxygen atoms in total. The molecule has 86 valence electrons. The molecule has 4 heteroatoms. The summed E-state index contributed by atoms with van der Waals surface area (Å²) in [7, 11) is 1.88. The molecule has 0 aromatic heterocycles. The minimum Gasteiger partial charge on any atom is -0.368 e. The fraction of sp³-hybridized carbons (Fsp3) is 0.417. The summed E-state index contributed by atoms with van der Waals surface area (Å²) in [6.07, 6.45) is 0. The average molecular weight is 235 g/mol. The molecule has 2 rings (SSSR count). The quantitative estimate of drug-likeness (QED) is 0.740. The highest BCUT2D eigenvalue weighted by atomic mass is 32.1. The molecule has 1 aliphatic rings. The second-order valence-electron chi connectivity index (χ2n) is 3.86. The molecule has 1 aliphatic heterocycles. The van der Waals surface area contributed by atoms with Gasteiger partial charge in [-0.25, -0.2) is 0 Å². The van der Waals surface area contributed by atoms with Crippen LogP contribution in [0, 0.1) is 0 Å². The zero-order chi connectivity index (χ0) is 11.4. The third kappa shape index (κ3) is 2.44. The minimum atomic E-state index is 0.854. The average Bonchev–Trinajstić information content (AvgIpc) is 2.39. The number of thiocarbonyl (C=S) groups is 1. The number of piperazine rings is 1. The Balaban J connectivity index is 1.93. The maximum Gasteiger partial charge on any atom is 0.168 e. The third-order valence-electron chi connectivity index (χ3n) is 2.90. The van der Waals surface area contributed by atoms with Crippen LogP contribution in [0.5, 0.6) is 0 Å². The fourth-order valence-electron chi connectivity index (χ4n) is 1.96. The van der Waals surface area contributed by atoms with Crippen LogP contribution in [0.1, 0.15) is 0 Å². The molecule has 1 heterocycles. The van der Waals surface area contributed by atoms with Crippen LogP contribution in [0.2, 0.25) is 0 Å². The van der Waals surface area contributed by atoms with E-state index in [-0.39, 0.29) is 0 Å². The third-order valence-corrected chi connectivity index (χ3v) is 3.36. The van der Waals surface area contributed by atoms with Crippen molar-refractivity contribution >= 4 is 23.0 Å². The van der Waals surface area contributed by atoms with Gasteiger partial charge < -0.3 is 15.1 Å². The fourth-order valence-corrected chi connectivity index (χ4v) is 2.15. The zero-order valence-electron chi connectivity index (χ0n) is 9.52. The number of para-hydroxylation sites is 1. The first-order valence-corrected chi connectivity index (χ1v) is 5.99. The molecule has 16 heavy (non-hydrogen) atoms. The number of nitrogens with one attached hydrogen (secondary N) is 1. The van der Waals surface area contributed by atoms with Gasteiger partial charge in [0.05, 0.1) is 0 Å². The van der Waals surface area contributed by atoms with Crippen LogP contribution >= 0.6 is 12.2 Å². The summed E-state index contributed by atoms with van der Waals surface area (Å²) in [6, 6.07) is 10.5. The zero-order valence-corrected chi connectivity index (χ0v) is 10.3. The number of hydrogen-bond acceptors (Lipinski definition) is 2. The van der Waals surface area contributed by atoms with Crippen LogP contribution in [0.4, 0.5) is 5.69 Å². The van der Waals surface area contributed by atoms with E-state index < -0.39 is 0 Å². The van der Waals surface area contributed by atoms with Crippen molar-refractivity contribution in [3.63, 3.8) is 0 Å². The standard InChI is InChI=1S/C12H17N3S/c1-13-12(16)15-9-7-14(8-10-15)11-5-3-2-4-6-11/h2-6H,7-10H2,1H3,(H,13,16). The Morgan fingerprint density at radius 1 is 1.12 bits per heavy atom. The summed E-state index contributed by atoms with van der Waals surface area (Å²) in [5.41, 5.74) is 1.30. The van der Waals surface area contributed by atoms with Crippen LogP contribution in [-0.2, 0) is 0 Å². The molecule has 0 atom stereocenters. The molecule has 0 aliphatic carbocycles. The Bertz CT molecular complexity index is 345. The van der Waals surface area contributed by atoms with Crippen molar-refractivity contribution < 1.29 is 0 Å². The lowest BCUT2D eigenvalue weighted by Gasteiger charge is -2.37. The van der Waals surface area contributed by atoms with Gasteiger partial charge >= 0.3 is 0 Å². The Morgan fingerprint density at radius 3 is 2.31 bits per heavy atom. The summed E-state index contributed by atoms with van der Waals surface area (Å²) < 4.78 is 0. The lowest BCUT2D eigenvalue weighted by molar-refractivity contribution is 0.383. The van der Waals surface area contributed by atoms with Gasteiger partial charge in [0.1, 0.15) is 0 Å². The van der Waals surface area contributed by atoms with E-state index in [9.17, 15) is 0 Å². The monoisotopic (exact) mass is 235 g/mol. The number of hydrogen-bond donors (Lipinski definition) is 1. The molecule has 1 N–H and O–H groups in total. The van der Waals surface area contributed by atoms with Crippen LogP contribution in [0.25, 0.3) is 0 Å². The molecule has 0 saturated carbocycles. The molecule has 0 radical (unpaired) electrons. The molecule has 0 bridgehead atoms. The van der Waals surface area contributed by atoms with Crippen molar-refractivity contribution in [2.75, 3.05) is 38.1 Å². The maximum absolute atomic E-state index is 5.23. The summed E-state index contributed by atoms with van der Waals surface area (Å²) >= 11 is 5.23. The van der Waals surface area contributed by atoms with Gasteiger partial charge in [0.15, 0.2) is 5.11 Å². The van der Waals surface area contributed by atoms with Gasteiger partial charge in [-0.3, -0.25) is 0 Å². The van der Waals surface area contributed by atoms with Crippen molar-refractivity contribution in [3.8, 4) is 0 Å². The highest BCUT2D eigenvalue weighted by Crippen LogP contribution is 2.15. The van der Waals surface area contributed by atoms with Crippen molar-refractivity contribution in [1.82, 2.24) is 10.2 Å². The number of rotatable bonds is 1. The first-order chi connectivity index (χ1) is 7.81. The molecular formula is C12H17N3S. The predicted molar refractivity (Wildman–Crippen MR) is 71.9 cm³/mol. The van der Waals surface area contributed by atoms with Crippen molar-refractivity contribution in [1.29, 1.82) is 0 Å². The first-order valence-electron chi connectivity index (χ1n) is 5.58. The van der Waals surface area contributed by atoms with Gasteiger partial charge in [-0.05, 0) is 24.4 Å². The van der Waals surface area contributed by atoms with Gasteiger partial charge in [-0.1, -0.05) is 18.2 Å². The van der Waals surface area contributed by atoms with Crippen molar-refractivity contribution in [2.45, 2.75) is 0 Å². The Labute approximate surface area is 102 Å². The molecule has 0 amide bonds. The lowest BCUT2D eigenvalue weighted by Crippen LogP contribution is -2.51. The lowest BCUT2D eigenvalue weighted by atomic mass is 10.2. The van der Waals surface area contributed by atoms with E-state index in [1.54, 1.807) is 0 Å². The van der Waals surface area contributed by atoms with Crippen molar-refractivity contribution in [3.05, 3.63) is 30.3 Å². The highest BCUT2D eigenvalue weighted by molar-refractivity contribution is 7.80. The van der Waals surface area contributed by atoms with E-state index in [1.165, 1.54) is 5.69 Å². The van der Waals surface area contributed by atoms with Gasteiger partial charge in [0.25, 0.3) is 0 Å².